The minimum absolute atomic E-state index is 0.00396. The van der Waals surface area contributed by atoms with Crippen LogP contribution in [0.1, 0.15) is 24.8 Å². The zero-order valence-electron chi connectivity index (χ0n) is 15.3. The molecule has 0 unspecified atom stereocenters. The number of aromatic nitrogens is 2. The summed E-state index contributed by atoms with van der Waals surface area (Å²) in [4.78, 5) is 26.5. The fraction of sp³-hybridized carbons (Fsp3) is 0.333. The summed E-state index contributed by atoms with van der Waals surface area (Å²) in [5.41, 5.74) is 0.341. The Balaban J connectivity index is 1.55. The monoisotopic (exact) mass is 452 g/mol. The topological polar surface area (TPSA) is 109 Å². The smallest absolute Gasteiger partial charge is 0.263 e. The van der Waals surface area contributed by atoms with Crippen LogP contribution in [0.3, 0.4) is 0 Å². The maximum atomic E-state index is 12.7. The molecular weight excluding hydrogens is 436 g/mol. The van der Waals surface area contributed by atoms with Crippen molar-refractivity contribution in [2.45, 2.75) is 31.1 Å². The van der Waals surface area contributed by atoms with Gasteiger partial charge in [0.15, 0.2) is 0 Å². The second kappa shape index (κ2) is 7.51. The average molecular weight is 453 g/mol. The van der Waals surface area contributed by atoms with Gasteiger partial charge in [-0.15, -0.1) is 10.2 Å². The van der Waals surface area contributed by atoms with Crippen LogP contribution in [0.15, 0.2) is 40.3 Å². The number of carbonyl (C=O) groups excluding carboxylic acids is 2. The highest BCUT2D eigenvalue weighted by molar-refractivity contribution is 7.93. The molecule has 11 heteroatoms. The lowest BCUT2D eigenvalue weighted by Crippen LogP contribution is -2.30. The summed E-state index contributed by atoms with van der Waals surface area (Å²) in [6.07, 6.45) is 3.22. The lowest BCUT2D eigenvalue weighted by molar-refractivity contribution is -0.122. The van der Waals surface area contributed by atoms with Gasteiger partial charge in [-0.2, -0.15) is 0 Å². The molecule has 2 aromatic rings. The first-order chi connectivity index (χ1) is 13.8. The molecule has 0 bridgehead atoms. The molecule has 1 fully saturated rings. The van der Waals surface area contributed by atoms with Crippen LogP contribution < -0.4 is 9.62 Å². The van der Waals surface area contributed by atoms with E-state index in [1.54, 1.807) is 6.08 Å². The number of imide groups is 1. The van der Waals surface area contributed by atoms with Gasteiger partial charge in [-0.3, -0.25) is 19.2 Å². The van der Waals surface area contributed by atoms with Crippen molar-refractivity contribution >= 4 is 55.6 Å². The van der Waals surface area contributed by atoms with Crippen LogP contribution in [0.5, 0.6) is 0 Å². The van der Waals surface area contributed by atoms with E-state index in [1.165, 1.54) is 24.3 Å². The number of benzene rings is 1. The molecule has 2 atom stereocenters. The van der Waals surface area contributed by atoms with Gasteiger partial charge in [-0.05, 0) is 43.5 Å². The molecule has 2 aliphatic rings. The number of nitrogens with zero attached hydrogens (tertiary/aromatic N) is 3. The molecule has 0 radical (unpaired) electrons. The molecule has 1 N–H and O–H groups in total. The van der Waals surface area contributed by atoms with E-state index in [9.17, 15) is 18.0 Å². The number of anilines is 2. The van der Waals surface area contributed by atoms with E-state index in [4.69, 9.17) is 11.6 Å². The van der Waals surface area contributed by atoms with Crippen LogP contribution in [0.4, 0.5) is 10.8 Å². The number of hydrogen-bond acceptors (Lipinski definition) is 7. The fourth-order valence-corrected chi connectivity index (χ4v) is 5.63. The Hall–Kier alpha value is -2.30. The van der Waals surface area contributed by atoms with Crippen LogP contribution >= 0.6 is 22.9 Å². The highest BCUT2D eigenvalue weighted by Crippen LogP contribution is 2.40. The Bertz CT molecular complexity index is 1110. The van der Waals surface area contributed by atoms with E-state index >= 15 is 0 Å². The maximum absolute atomic E-state index is 12.7. The van der Waals surface area contributed by atoms with E-state index in [2.05, 4.69) is 14.9 Å². The van der Waals surface area contributed by atoms with Gasteiger partial charge < -0.3 is 0 Å². The van der Waals surface area contributed by atoms with Gasteiger partial charge in [0.05, 0.1) is 22.4 Å². The molecule has 2 amide bonds. The number of nitrogens with one attached hydrogen (secondary N) is 1. The summed E-state index contributed by atoms with van der Waals surface area (Å²) in [5, 5.41) is 9.19. The van der Waals surface area contributed by atoms with Gasteiger partial charge in [0.1, 0.15) is 5.01 Å². The van der Waals surface area contributed by atoms with Crippen molar-refractivity contribution in [1.82, 2.24) is 10.2 Å². The van der Waals surface area contributed by atoms with Gasteiger partial charge in [0, 0.05) is 5.03 Å². The Morgan fingerprint density at radius 1 is 1.17 bits per heavy atom. The van der Waals surface area contributed by atoms with Crippen molar-refractivity contribution in [3.05, 3.63) is 40.4 Å². The third-order valence-electron chi connectivity index (χ3n) is 4.97. The van der Waals surface area contributed by atoms with E-state index in [-0.39, 0.29) is 21.8 Å². The number of amides is 2. The second-order valence-electron chi connectivity index (χ2n) is 6.77. The second-order valence-corrected chi connectivity index (χ2v) is 10.00. The van der Waals surface area contributed by atoms with Gasteiger partial charge in [0.25, 0.3) is 10.0 Å². The Labute approximate surface area is 176 Å². The maximum Gasteiger partial charge on any atom is 0.263 e. The van der Waals surface area contributed by atoms with Crippen LogP contribution in [0.25, 0.3) is 0 Å². The zero-order valence-corrected chi connectivity index (χ0v) is 17.7. The number of carbonyl (C=O) groups is 2. The molecule has 1 aliphatic heterocycles. The lowest BCUT2D eigenvalue weighted by atomic mass is 9.85. The molecule has 1 aliphatic carbocycles. The average Bonchev–Trinajstić information content (AvgIpc) is 3.24. The van der Waals surface area contributed by atoms with Gasteiger partial charge in [0.2, 0.25) is 16.9 Å². The SMILES string of the molecule is CCc1nnc(NS(=O)(=O)c2ccc(N3C(=O)[C@@H]4CC=C(Cl)C[C@H]4C3=O)cc2)s1. The molecule has 1 aromatic carbocycles. The fourth-order valence-electron chi connectivity index (χ4n) is 3.47. The normalized spacial score (nSPS) is 21.9. The van der Waals surface area contributed by atoms with Crippen LogP contribution in [-0.2, 0) is 26.0 Å². The predicted molar refractivity (Wildman–Crippen MR) is 109 cm³/mol. The number of sulfonamides is 1. The summed E-state index contributed by atoms with van der Waals surface area (Å²) < 4.78 is 27.5. The standard InChI is InChI=1S/C18H17ClN4O4S2/c1-2-15-20-21-18(28-15)22-29(26,27)12-6-4-11(5-7-12)23-16(24)13-8-3-10(19)9-14(13)17(23)25/h3-7,13-14H,2,8-9H2,1H3,(H,21,22)/t13-,14-/m1/s1. The Kier molecular flexibility index (Phi) is 5.18. The van der Waals surface area contributed by atoms with Crippen molar-refractivity contribution in [3.8, 4) is 0 Å². The van der Waals surface area contributed by atoms with Crippen LogP contribution in [-0.4, -0.2) is 30.4 Å². The first-order valence-electron chi connectivity index (χ1n) is 8.97. The number of aryl methyl sites for hydroxylation is 1. The molecular formula is C18H17ClN4O4S2. The molecule has 8 nitrogen and oxygen atoms in total. The number of rotatable bonds is 5. The molecule has 1 saturated heterocycles. The van der Waals surface area contributed by atoms with Gasteiger partial charge in [-0.25, -0.2) is 8.42 Å². The summed E-state index contributed by atoms with van der Waals surface area (Å²) in [6.45, 7) is 1.90. The number of halogens is 1. The minimum atomic E-state index is -3.86. The molecule has 29 heavy (non-hydrogen) atoms. The summed E-state index contributed by atoms with van der Waals surface area (Å²) >= 11 is 7.20. The molecule has 1 aromatic heterocycles. The number of allylic oxidation sites excluding steroid dienone is 2. The van der Waals surface area contributed by atoms with Crippen molar-refractivity contribution in [1.29, 1.82) is 0 Å². The van der Waals surface area contributed by atoms with Crippen LogP contribution in [0.2, 0.25) is 0 Å². The summed E-state index contributed by atoms with van der Waals surface area (Å²) in [6, 6.07) is 5.61. The molecule has 4 rings (SSSR count). The first kappa shape index (κ1) is 20.0. The van der Waals surface area contributed by atoms with Gasteiger partial charge >= 0.3 is 0 Å². The highest BCUT2D eigenvalue weighted by atomic mass is 35.5. The van der Waals surface area contributed by atoms with Gasteiger partial charge in [-0.1, -0.05) is 35.9 Å². The highest BCUT2D eigenvalue weighted by Gasteiger charge is 2.48. The number of hydrogen-bond donors (Lipinski definition) is 1. The molecule has 0 saturated carbocycles. The first-order valence-corrected chi connectivity index (χ1v) is 11.7. The molecule has 0 spiro atoms. The summed E-state index contributed by atoms with van der Waals surface area (Å²) in [7, 11) is -3.86. The predicted octanol–water partition coefficient (Wildman–Crippen LogP) is 2.92. The quantitative estimate of drug-likeness (QED) is 0.698. The van der Waals surface area contributed by atoms with Crippen molar-refractivity contribution in [2.24, 2.45) is 11.8 Å². The van der Waals surface area contributed by atoms with Crippen LogP contribution in [0, 0.1) is 11.8 Å². The zero-order chi connectivity index (χ0) is 20.8. The van der Waals surface area contributed by atoms with E-state index in [1.807, 2.05) is 6.92 Å². The van der Waals surface area contributed by atoms with E-state index in [0.717, 1.165) is 21.2 Å². The number of fused-ring (bicyclic) bond motifs is 1. The van der Waals surface area contributed by atoms with Crippen molar-refractivity contribution in [3.63, 3.8) is 0 Å². The van der Waals surface area contributed by atoms with E-state index < -0.39 is 21.9 Å². The van der Waals surface area contributed by atoms with Crippen molar-refractivity contribution < 1.29 is 18.0 Å². The lowest BCUT2D eigenvalue weighted by Gasteiger charge is -2.17. The third-order valence-corrected chi connectivity index (χ3v) is 7.74. The van der Waals surface area contributed by atoms with Crippen molar-refractivity contribution in [2.75, 3.05) is 9.62 Å². The Morgan fingerprint density at radius 2 is 1.86 bits per heavy atom. The van der Waals surface area contributed by atoms with E-state index in [0.29, 0.717) is 30.0 Å². The molecule has 2 heterocycles. The Morgan fingerprint density at radius 3 is 2.52 bits per heavy atom. The third kappa shape index (κ3) is 3.67. The largest absolute Gasteiger partial charge is 0.274 e. The minimum Gasteiger partial charge on any atom is -0.274 e. The summed E-state index contributed by atoms with van der Waals surface area (Å²) in [5.74, 6) is -1.47. The molecule has 152 valence electrons.